The Balaban J connectivity index is 1.44. The van der Waals surface area contributed by atoms with E-state index < -0.39 is 0 Å². The van der Waals surface area contributed by atoms with Crippen molar-refractivity contribution >= 4 is 35.1 Å². The van der Waals surface area contributed by atoms with Gasteiger partial charge in [0.15, 0.2) is 5.82 Å². The van der Waals surface area contributed by atoms with Gasteiger partial charge in [0.05, 0.1) is 17.1 Å². The van der Waals surface area contributed by atoms with Gasteiger partial charge in [-0.15, -0.1) is 10.2 Å². The van der Waals surface area contributed by atoms with Crippen molar-refractivity contribution in [2.75, 3.05) is 16.9 Å². The molecule has 0 bridgehead atoms. The van der Waals surface area contributed by atoms with Gasteiger partial charge < -0.3 is 11.2 Å². The molecule has 31 heavy (non-hydrogen) atoms. The van der Waals surface area contributed by atoms with Gasteiger partial charge in [-0.05, 0) is 55.5 Å². The van der Waals surface area contributed by atoms with E-state index in [9.17, 15) is 9.18 Å². The van der Waals surface area contributed by atoms with Gasteiger partial charge in [-0.1, -0.05) is 23.4 Å². The van der Waals surface area contributed by atoms with E-state index in [1.807, 2.05) is 0 Å². The average molecular weight is 458 g/mol. The Morgan fingerprint density at radius 1 is 1.16 bits per heavy atom. The van der Waals surface area contributed by atoms with Gasteiger partial charge in [-0.3, -0.25) is 4.79 Å². The van der Waals surface area contributed by atoms with Crippen molar-refractivity contribution in [3.05, 3.63) is 71.1 Å². The predicted molar refractivity (Wildman–Crippen MR) is 118 cm³/mol. The maximum absolute atomic E-state index is 13.2. The molecule has 0 saturated heterocycles. The summed E-state index contributed by atoms with van der Waals surface area (Å²) in [5, 5.41) is 16.3. The molecule has 0 saturated carbocycles. The fraction of sp³-hybridized carbons (Fsp3) is 0.100. The van der Waals surface area contributed by atoms with Crippen molar-refractivity contribution in [3.63, 3.8) is 0 Å². The lowest BCUT2D eigenvalue weighted by atomic mass is 10.2. The lowest BCUT2D eigenvalue weighted by Gasteiger charge is -2.09. The number of nitrogens with zero attached hydrogens (tertiary/aromatic N) is 5. The molecule has 2 aromatic carbocycles. The first-order chi connectivity index (χ1) is 14.9. The number of hydrogen-bond acceptors (Lipinski definition) is 6. The molecule has 2 heterocycles. The third kappa shape index (κ3) is 4.70. The Morgan fingerprint density at radius 3 is 2.58 bits per heavy atom. The van der Waals surface area contributed by atoms with Gasteiger partial charge in [0, 0.05) is 16.7 Å². The number of carbonyl (C=O) groups excluding carboxylic acids is 1. The van der Waals surface area contributed by atoms with Crippen LogP contribution in [0.25, 0.3) is 17.1 Å². The van der Waals surface area contributed by atoms with Crippen LogP contribution < -0.4 is 11.2 Å². The Bertz CT molecular complexity index is 1220. The first-order valence-electron chi connectivity index (χ1n) is 9.12. The number of nitrogens with two attached hydrogens (primary N) is 1. The van der Waals surface area contributed by atoms with E-state index in [2.05, 4.69) is 20.6 Å². The van der Waals surface area contributed by atoms with Gasteiger partial charge in [-0.2, -0.15) is 5.10 Å². The van der Waals surface area contributed by atoms with E-state index >= 15 is 0 Å². The maximum Gasteiger partial charge on any atom is 0.236 e. The summed E-state index contributed by atoms with van der Waals surface area (Å²) in [6, 6.07) is 14.6. The van der Waals surface area contributed by atoms with E-state index in [1.54, 1.807) is 54.1 Å². The molecule has 0 aliphatic rings. The highest BCUT2D eigenvalue weighted by Gasteiger charge is 2.16. The second kappa shape index (κ2) is 8.78. The summed E-state index contributed by atoms with van der Waals surface area (Å²) in [4.78, 5) is 12.5. The van der Waals surface area contributed by atoms with E-state index in [1.165, 1.54) is 16.8 Å². The molecule has 0 unspecified atom stereocenters. The molecular weight excluding hydrogens is 441 g/mol. The van der Waals surface area contributed by atoms with Crippen LogP contribution in [0.1, 0.15) is 5.69 Å². The minimum Gasteiger partial charge on any atom is -0.335 e. The van der Waals surface area contributed by atoms with Gasteiger partial charge in [0.1, 0.15) is 11.6 Å². The summed E-state index contributed by atoms with van der Waals surface area (Å²) in [6.45, 7) is 1.81. The Labute approximate surface area is 186 Å². The summed E-state index contributed by atoms with van der Waals surface area (Å²) in [7, 11) is 0. The lowest BCUT2D eigenvalue weighted by Crippen LogP contribution is -2.18. The molecule has 0 spiro atoms. The van der Waals surface area contributed by atoms with Crippen molar-refractivity contribution in [2.24, 2.45) is 0 Å². The summed E-state index contributed by atoms with van der Waals surface area (Å²) in [5.41, 5.74) is 2.10. The number of aromatic nitrogens is 5. The second-order valence-corrected chi connectivity index (χ2v) is 7.96. The number of aryl methyl sites for hydroxylation is 1. The molecule has 4 rings (SSSR count). The van der Waals surface area contributed by atoms with Crippen molar-refractivity contribution in [3.8, 4) is 17.1 Å². The molecule has 0 atom stereocenters. The number of thioether (sulfide) groups is 1. The number of anilines is 1. The number of hydrogen-bond donors (Lipinski definition) is 2. The van der Waals surface area contributed by atoms with Crippen LogP contribution in [-0.2, 0) is 4.79 Å². The minimum absolute atomic E-state index is 0.0591. The molecule has 8 nitrogen and oxygen atoms in total. The van der Waals surface area contributed by atoms with Crippen LogP contribution in [0.3, 0.4) is 0 Å². The number of nitrogens with one attached hydrogen (secondary N) is 1. The quantitative estimate of drug-likeness (QED) is 0.338. The average Bonchev–Trinajstić information content (AvgIpc) is 3.30. The third-order valence-corrected chi connectivity index (χ3v) is 5.46. The fourth-order valence-electron chi connectivity index (χ4n) is 2.85. The van der Waals surface area contributed by atoms with Crippen molar-refractivity contribution in [1.29, 1.82) is 0 Å². The molecular formula is C20H17ClFN7OS. The molecule has 158 valence electrons. The Hall–Kier alpha value is -3.37. The molecule has 2 aromatic heterocycles. The Morgan fingerprint density at radius 2 is 1.87 bits per heavy atom. The molecule has 0 aliphatic heterocycles. The maximum atomic E-state index is 13.2. The number of carbonyl (C=O) groups is 1. The highest BCUT2D eigenvalue weighted by Crippen LogP contribution is 2.23. The van der Waals surface area contributed by atoms with Gasteiger partial charge in [0.25, 0.3) is 0 Å². The summed E-state index contributed by atoms with van der Waals surface area (Å²) in [6.07, 6.45) is 0. The van der Waals surface area contributed by atoms with Gasteiger partial charge in [0.2, 0.25) is 11.1 Å². The van der Waals surface area contributed by atoms with Crippen LogP contribution in [0, 0.1) is 12.7 Å². The molecule has 0 aliphatic carbocycles. The van der Waals surface area contributed by atoms with Crippen LogP contribution in [0.15, 0.2) is 59.8 Å². The van der Waals surface area contributed by atoms with Crippen molar-refractivity contribution in [1.82, 2.24) is 24.7 Å². The molecule has 4 aromatic rings. The normalized spacial score (nSPS) is 10.9. The molecule has 11 heteroatoms. The minimum atomic E-state index is -0.349. The standard InChI is InChI=1S/C20H17ClFN7OS/c1-12-10-17(29(27-12)16-8-6-15(22)7-9-16)24-18(30)11-31-20-26-25-19(28(20)23)13-2-4-14(21)5-3-13/h2-10H,11,23H2,1H3,(H,24,30). The topological polar surface area (TPSA) is 104 Å². The lowest BCUT2D eigenvalue weighted by molar-refractivity contribution is -0.113. The zero-order valence-corrected chi connectivity index (χ0v) is 17.9. The van der Waals surface area contributed by atoms with E-state index in [-0.39, 0.29) is 17.5 Å². The second-order valence-electron chi connectivity index (χ2n) is 6.58. The first-order valence-corrected chi connectivity index (χ1v) is 10.5. The van der Waals surface area contributed by atoms with Crippen LogP contribution >= 0.6 is 23.4 Å². The SMILES string of the molecule is Cc1cc(NC(=O)CSc2nnc(-c3ccc(Cl)cc3)n2N)n(-c2ccc(F)cc2)n1. The molecule has 3 N–H and O–H groups in total. The Kier molecular flexibility index (Phi) is 5.92. The number of amides is 1. The summed E-state index contributed by atoms with van der Waals surface area (Å²) >= 11 is 7.06. The van der Waals surface area contributed by atoms with E-state index in [0.717, 1.165) is 17.3 Å². The van der Waals surface area contributed by atoms with Gasteiger partial charge in [-0.25, -0.2) is 13.7 Å². The molecule has 0 fully saturated rings. The summed E-state index contributed by atoms with van der Waals surface area (Å²) in [5.74, 6) is 6.47. The van der Waals surface area contributed by atoms with Crippen LogP contribution in [0.4, 0.5) is 10.2 Å². The summed E-state index contributed by atoms with van der Waals surface area (Å²) < 4.78 is 16.1. The van der Waals surface area contributed by atoms with Gasteiger partial charge >= 0.3 is 0 Å². The molecule has 1 amide bonds. The number of benzene rings is 2. The van der Waals surface area contributed by atoms with E-state index in [0.29, 0.717) is 33.2 Å². The van der Waals surface area contributed by atoms with Crippen LogP contribution in [0.5, 0.6) is 0 Å². The van der Waals surface area contributed by atoms with Crippen LogP contribution in [-0.4, -0.2) is 36.3 Å². The van der Waals surface area contributed by atoms with Crippen molar-refractivity contribution in [2.45, 2.75) is 12.1 Å². The first kappa shape index (κ1) is 20.9. The number of nitrogen functional groups attached to an aromatic ring is 1. The zero-order chi connectivity index (χ0) is 22.0. The third-order valence-electron chi connectivity index (χ3n) is 4.27. The smallest absolute Gasteiger partial charge is 0.236 e. The largest absolute Gasteiger partial charge is 0.335 e. The fourth-order valence-corrected chi connectivity index (χ4v) is 3.63. The van der Waals surface area contributed by atoms with E-state index in [4.69, 9.17) is 17.4 Å². The highest BCUT2D eigenvalue weighted by atomic mass is 35.5. The predicted octanol–water partition coefficient (Wildman–Crippen LogP) is 3.68. The number of rotatable bonds is 6. The highest BCUT2D eigenvalue weighted by molar-refractivity contribution is 7.99. The van der Waals surface area contributed by atoms with Crippen LogP contribution in [0.2, 0.25) is 5.02 Å². The van der Waals surface area contributed by atoms with Crippen molar-refractivity contribution < 1.29 is 9.18 Å². The molecule has 0 radical (unpaired) electrons. The zero-order valence-electron chi connectivity index (χ0n) is 16.3. The monoisotopic (exact) mass is 457 g/mol. The number of halogens is 2.